The highest BCUT2D eigenvalue weighted by molar-refractivity contribution is 5.83. The number of carbonyl (C=O) groups excluding carboxylic acids is 1. The first-order valence-electron chi connectivity index (χ1n) is 12.1. The van der Waals surface area contributed by atoms with Crippen molar-refractivity contribution in [1.82, 2.24) is 0 Å². The van der Waals surface area contributed by atoms with E-state index in [4.69, 9.17) is 4.74 Å². The van der Waals surface area contributed by atoms with Crippen LogP contribution in [0.1, 0.15) is 65.0 Å². The molecule has 0 bridgehead atoms. The zero-order valence-corrected chi connectivity index (χ0v) is 21.2. The minimum Gasteiger partial charge on any atom is -0.458 e. The third kappa shape index (κ3) is 7.45. The number of hydrogen-bond acceptors (Lipinski definition) is 2. The SMILES string of the molecule is CC1=C(/C=C/C(C)=C/C=C/C(C)=C/C(=O)OCc2ccccc2[C]2[CH][CH][CH][CH]2)C(C)(C)CCC1. The van der Waals surface area contributed by atoms with Crippen molar-refractivity contribution in [2.75, 3.05) is 0 Å². The van der Waals surface area contributed by atoms with Crippen LogP contribution in [0.4, 0.5) is 0 Å². The second-order valence-electron chi connectivity index (χ2n) is 9.86. The van der Waals surface area contributed by atoms with E-state index in [1.165, 1.54) is 36.0 Å². The van der Waals surface area contributed by atoms with Gasteiger partial charge in [-0.1, -0.05) is 79.6 Å². The Labute approximate surface area is 207 Å². The molecular formula is C32H37O2. The van der Waals surface area contributed by atoms with Gasteiger partial charge in [0, 0.05) is 12.0 Å². The van der Waals surface area contributed by atoms with Crippen LogP contribution in [0.3, 0.4) is 0 Å². The van der Waals surface area contributed by atoms with Gasteiger partial charge in [0.05, 0.1) is 0 Å². The molecule has 0 heterocycles. The van der Waals surface area contributed by atoms with E-state index in [2.05, 4.69) is 64.8 Å². The van der Waals surface area contributed by atoms with Crippen LogP contribution in [0, 0.1) is 37.0 Å². The predicted molar refractivity (Wildman–Crippen MR) is 142 cm³/mol. The number of carbonyl (C=O) groups is 1. The molecule has 0 atom stereocenters. The van der Waals surface area contributed by atoms with Crippen molar-refractivity contribution in [3.63, 3.8) is 0 Å². The van der Waals surface area contributed by atoms with Crippen molar-refractivity contribution in [3.05, 3.63) is 126 Å². The lowest BCUT2D eigenvalue weighted by Crippen LogP contribution is -2.19. The van der Waals surface area contributed by atoms with E-state index in [0.29, 0.717) is 0 Å². The zero-order valence-electron chi connectivity index (χ0n) is 21.2. The first-order chi connectivity index (χ1) is 16.3. The minimum absolute atomic E-state index is 0.248. The lowest BCUT2D eigenvalue weighted by molar-refractivity contribution is -0.139. The maximum Gasteiger partial charge on any atom is 0.331 e. The second-order valence-corrected chi connectivity index (χ2v) is 9.86. The Morgan fingerprint density at radius 2 is 1.79 bits per heavy atom. The molecule has 0 aliphatic heterocycles. The summed E-state index contributed by atoms with van der Waals surface area (Å²) >= 11 is 0. The van der Waals surface area contributed by atoms with E-state index >= 15 is 0 Å². The molecule has 3 rings (SSSR count). The molecule has 0 unspecified atom stereocenters. The average molecular weight is 454 g/mol. The molecule has 0 aromatic heterocycles. The topological polar surface area (TPSA) is 26.3 Å². The van der Waals surface area contributed by atoms with Gasteiger partial charge in [-0.15, -0.1) is 0 Å². The molecule has 1 fully saturated rings. The molecule has 1 aromatic rings. The van der Waals surface area contributed by atoms with Crippen molar-refractivity contribution in [2.45, 2.75) is 60.5 Å². The molecule has 1 aromatic carbocycles. The maximum absolute atomic E-state index is 12.3. The summed E-state index contributed by atoms with van der Waals surface area (Å²) in [6.07, 6.45) is 23.9. The molecule has 5 radical (unpaired) electrons. The van der Waals surface area contributed by atoms with E-state index in [-0.39, 0.29) is 18.0 Å². The maximum atomic E-state index is 12.3. The fourth-order valence-corrected chi connectivity index (χ4v) is 4.54. The Kier molecular flexibility index (Phi) is 9.33. The van der Waals surface area contributed by atoms with Gasteiger partial charge in [0.1, 0.15) is 6.61 Å². The van der Waals surface area contributed by atoms with Crippen LogP contribution >= 0.6 is 0 Å². The van der Waals surface area contributed by atoms with Crippen molar-refractivity contribution in [3.8, 4) is 0 Å². The summed E-state index contributed by atoms with van der Waals surface area (Å²) in [7, 11) is 0. The number of benzene rings is 1. The van der Waals surface area contributed by atoms with Crippen LogP contribution in [0.5, 0.6) is 0 Å². The largest absolute Gasteiger partial charge is 0.458 e. The van der Waals surface area contributed by atoms with Gasteiger partial charge in [-0.25, -0.2) is 4.79 Å². The molecule has 2 heteroatoms. The molecular weight excluding hydrogens is 416 g/mol. The number of rotatable bonds is 8. The van der Waals surface area contributed by atoms with Gasteiger partial charge in [0.2, 0.25) is 0 Å². The van der Waals surface area contributed by atoms with Gasteiger partial charge >= 0.3 is 5.97 Å². The lowest BCUT2D eigenvalue weighted by Gasteiger charge is -2.32. The van der Waals surface area contributed by atoms with Gasteiger partial charge in [0.25, 0.3) is 0 Å². The molecule has 2 aliphatic rings. The molecule has 0 saturated heterocycles. The highest BCUT2D eigenvalue weighted by Crippen LogP contribution is 2.40. The molecule has 0 spiro atoms. The van der Waals surface area contributed by atoms with Gasteiger partial charge in [-0.3, -0.25) is 0 Å². The van der Waals surface area contributed by atoms with E-state index in [1.54, 1.807) is 6.08 Å². The molecule has 2 aliphatic carbocycles. The Morgan fingerprint density at radius 1 is 1.06 bits per heavy atom. The predicted octanol–water partition coefficient (Wildman–Crippen LogP) is 8.01. The van der Waals surface area contributed by atoms with E-state index in [0.717, 1.165) is 22.6 Å². The highest BCUT2D eigenvalue weighted by atomic mass is 16.5. The molecule has 2 nitrogen and oxygen atoms in total. The summed E-state index contributed by atoms with van der Waals surface area (Å²) in [5.41, 5.74) is 7.35. The monoisotopic (exact) mass is 453 g/mol. The number of hydrogen-bond donors (Lipinski definition) is 0. The highest BCUT2D eigenvalue weighted by Gasteiger charge is 2.26. The Hall–Kier alpha value is -2.61. The van der Waals surface area contributed by atoms with Crippen LogP contribution in [0.2, 0.25) is 0 Å². The van der Waals surface area contributed by atoms with E-state index in [1.807, 2.05) is 50.1 Å². The Balaban J connectivity index is 1.54. The zero-order chi connectivity index (χ0) is 24.6. The summed E-state index contributed by atoms with van der Waals surface area (Å²) in [4.78, 5) is 12.3. The van der Waals surface area contributed by atoms with Crippen molar-refractivity contribution < 1.29 is 9.53 Å². The third-order valence-electron chi connectivity index (χ3n) is 6.48. The smallest absolute Gasteiger partial charge is 0.331 e. The van der Waals surface area contributed by atoms with Crippen LogP contribution in [0.15, 0.2) is 83.0 Å². The first kappa shape index (κ1) is 26.0. The second kappa shape index (κ2) is 12.2. The summed E-state index contributed by atoms with van der Waals surface area (Å²) in [6.45, 7) is 11.2. The van der Waals surface area contributed by atoms with Crippen LogP contribution in [-0.2, 0) is 16.1 Å². The summed E-state index contributed by atoms with van der Waals surface area (Å²) in [5.74, 6) is 0.804. The van der Waals surface area contributed by atoms with Crippen molar-refractivity contribution in [1.29, 1.82) is 0 Å². The summed E-state index contributed by atoms with van der Waals surface area (Å²) in [6, 6.07) is 8.02. The van der Waals surface area contributed by atoms with Crippen molar-refractivity contribution in [2.24, 2.45) is 5.41 Å². The lowest BCUT2D eigenvalue weighted by atomic mass is 9.72. The minimum atomic E-state index is -0.331. The first-order valence-corrected chi connectivity index (χ1v) is 12.1. The summed E-state index contributed by atoms with van der Waals surface area (Å²) < 4.78 is 5.52. The van der Waals surface area contributed by atoms with E-state index < -0.39 is 0 Å². The normalized spacial score (nSPS) is 20.0. The standard InChI is InChI=1S/C32H37O2/c1-24(19-20-30-26(3)14-11-21-32(30,4)5)12-10-13-25(2)22-31(33)34-23-28-17-8-9-18-29(28)27-15-6-7-16-27/h6-10,12-13,15-20,22H,11,14,21,23H2,1-5H3/b13-10+,20-19+,24-12+,25-22+. The third-order valence-corrected chi connectivity index (χ3v) is 6.48. The van der Waals surface area contributed by atoms with Gasteiger partial charge in [-0.2, -0.15) is 0 Å². The molecule has 1 saturated carbocycles. The Morgan fingerprint density at radius 3 is 2.53 bits per heavy atom. The quantitative estimate of drug-likeness (QED) is 0.226. The number of allylic oxidation sites excluding steroid dienone is 9. The summed E-state index contributed by atoms with van der Waals surface area (Å²) in [5, 5.41) is 0. The molecule has 0 amide bonds. The Bertz CT molecular complexity index is 1010. The van der Waals surface area contributed by atoms with E-state index in [9.17, 15) is 4.79 Å². The van der Waals surface area contributed by atoms with Crippen LogP contribution in [-0.4, -0.2) is 5.97 Å². The molecule has 177 valence electrons. The fourth-order valence-electron chi connectivity index (χ4n) is 4.54. The fraction of sp³-hybridized carbons (Fsp3) is 0.312. The van der Waals surface area contributed by atoms with Crippen LogP contribution < -0.4 is 0 Å². The number of ether oxygens (including phenoxy) is 1. The molecule has 0 N–H and O–H groups in total. The van der Waals surface area contributed by atoms with Gasteiger partial charge in [-0.05, 0) is 93.4 Å². The van der Waals surface area contributed by atoms with Crippen molar-refractivity contribution >= 4 is 5.97 Å². The van der Waals surface area contributed by atoms with Crippen LogP contribution in [0.25, 0.3) is 0 Å². The van der Waals surface area contributed by atoms with Gasteiger partial charge < -0.3 is 4.74 Å². The number of esters is 1. The molecule has 34 heavy (non-hydrogen) atoms. The average Bonchev–Trinajstić information content (AvgIpc) is 3.32. The van der Waals surface area contributed by atoms with Gasteiger partial charge in [0.15, 0.2) is 0 Å².